The minimum atomic E-state index is -1.82. The smallest absolute Gasteiger partial charge is 0.414 e. The molecule has 0 aliphatic carbocycles. The van der Waals surface area contributed by atoms with Gasteiger partial charge in [0.2, 0.25) is 0 Å². The highest BCUT2D eigenvalue weighted by atomic mass is 16.4. The van der Waals surface area contributed by atoms with Crippen molar-refractivity contribution in [1.29, 1.82) is 0 Å². The molecular weight excluding hydrogens is 318 g/mol. The SMILES string of the molecule is CCc1ccc(CN2CCc3ccccc3C2)cc1.O=C(O)C(=O)O. The van der Waals surface area contributed by atoms with Gasteiger partial charge in [0, 0.05) is 19.6 Å². The van der Waals surface area contributed by atoms with E-state index in [1.54, 1.807) is 0 Å². The Morgan fingerprint density at radius 2 is 1.48 bits per heavy atom. The number of fused-ring (bicyclic) bond motifs is 1. The van der Waals surface area contributed by atoms with Crippen LogP contribution >= 0.6 is 0 Å². The molecule has 1 heterocycles. The van der Waals surface area contributed by atoms with E-state index in [1.165, 1.54) is 35.2 Å². The Balaban J connectivity index is 0.000000326. The predicted octanol–water partition coefficient (Wildman–Crippen LogP) is 2.96. The van der Waals surface area contributed by atoms with E-state index in [4.69, 9.17) is 19.8 Å². The Hall–Kier alpha value is -2.66. The average molecular weight is 341 g/mol. The Labute approximate surface area is 147 Å². The zero-order valence-electron chi connectivity index (χ0n) is 14.3. The van der Waals surface area contributed by atoms with Gasteiger partial charge in [0.25, 0.3) is 0 Å². The summed E-state index contributed by atoms with van der Waals surface area (Å²) in [6.07, 6.45) is 2.31. The van der Waals surface area contributed by atoms with Gasteiger partial charge < -0.3 is 10.2 Å². The van der Waals surface area contributed by atoms with E-state index in [-0.39, 0.29) is 0 Å². The highest BCUT2D eigenvalue weighted by Crippen LogP contribution is 2.20. The third-order valence-corrected chi connectivity index (χ3v) is 4.23. The molecule has 2 aromatic rings. The van der Waals surface area contributed by atoms with Gasteiger partial charge in [0.15, 0.2) is 0 Å². The molecule has 5 nitrogen and oxygen atoms in total. The second-order valence-electron chi connectivity index (χ2n) is 6.01. The lowest BCUT2D eigenvalue weighted by atomic mass is 9.99. The first-order valence-electron chi connectivity index (χ1n) is 8.32. The van der Waals surface area contributed by atoms with Gasteiger partial charge in [0.1, 0.15) is 0 Å². The minimum Gasteiger partial charge on any atom is -0.473 e. The van der Waals surface area contributed by atoms with Gasteiger partial charge in [-0.25, -0.2) is 9.59 Å². The third kappa shape index (κ3) is 5.72. The first kappa shape index (κ1) is 18.7. The fourth-order valence-corrected chi connectivity index (χ4v) is 2.83. The van der Waals surface area contributed by atoms with Crippen molar-refractivity contribution < 1.29 is 19.8 Å². The minimum absolute atomic E-state index is 1.07. The average Bonchev–Trinajstić information content (AvgIpc) is 2.63. The van der Waals surface area contributed by atoms with E-state index in [0.717, 1.165) is 19.5 Å². The maximum absolute atomic E-state index is 9.10. The normalized spacial score (nSPS) is 13.3. The van der Waals surface area contributed by atoms with Crippen molar-refractivity contribution >= 4 is 11.9 Å². The summed E-state index contributed by atoms with van der Waals surface area (Å²) in [6.45, 7) is 5.53. The maximum atomic E-state index is 9.10. The number of benzene rings is 2. The van der Waals surface area contributed by atoms with Crippen LogP contribution in [-0.2, 0) is 35.5 Å². The second kappa shape index (κ2) is 8.99. The van der Waals surface area contributed by atoms with Crippen molar-refractivity contribution in [2.24, 2.45) is 0 Å². The topological polar surface area (TPSA) is 77.8 Å². The van der Waals surface area contributed by atoms with Gasteiger partial charge in [0.05, 0.1) is 0 Å². The van der Waals surface area contributed by atoms with Gasteiger partial charge in [-0.3, -0.25) is 4.90 Å². The fraction of sp³-hybridized carbons (Fsp3) is 0.300. The van der Waals surface area contributed by atoms with Crippen molar-refractivity contribution in [3.63, 3.8) is 0 Å². The molecule has 132 valence electrons. The molecule has 0 saturated heterocycles. The third-order valence-electron chi connectivity index (χ3n) is 4.23. The largest absolute Gasteiger partial charge is 0.473 e. The van der Waals surface area contributed by atoms with Crippen LogP contribution < -0.4 is 0 Å². The van der Waals surface area contributed by atoms with Crippen LogP contribution in [0.2, 0.25) is 0 Å². The van der Waals surface area contributed by atoms with Gasteiger partial charge in [-0.1, -0.05) is 55.5 Å². The van der Waals surface area contributed by atoms with E-state index < -0.39 is 11.9 Å². The highest BCUT2D eigenvalue weighted by molar-refractivity contribution is 6.27. The monoisotopic (exact) mass is 341 g/mol. The van der Waals surface area contributed by atoms with E-state index in [1.807, 2.05) is 0 Å². The Kier molecular flexibility index (Phi) is 6.71. The van der Waals surface area contributed by atoms with Crippen molar-refractivity contribution in [1.82, 2.24) is 4.90 Å². The Morgan fingerprint density at radius 3 is 2.04 bits per heavy atom. The molecule has 1 aliphatic rings. The molecular formula is C20H23NO4. The summed E-state index contributed by atoms with van der Waals surface area (Å²) < 4.78 is 0. The molecule has 3 rings (SSSR count). The van der Waals surface area contributed by atoms with Crippen LogP contribution in [0.5, 0.6) is 0 Å². The van der Waals surface area contributed by atoms with Crippen LogP contribution in [0.4, 0.5) is 0 Å². The van der Waals surface area contributed by atoms with Crippen LogP contribution in [0.25, 0.3) is 0 Å². The molecule has 0 bridgehead atoms. The number of hydrogen-bond acceptors (Lipinski definition) is 3. The number of nitrogens with zero attached hydrogens (tertiary/aromatic N) is 1. The van der Waals surface area contributed by atoms with Crippen molar-refractivity contribution in [2.45, 2.75) is 32.9 Å². The second-order valence-corrected chi connectivity index (χ2v) is 6.01. The quantitative estimate of drug-likeness (QED) is 0.839. The van der Waals surface area contributed by atoms with Crippen LogP contribution in [0, 0.1) is 0 Å². The van der Waals surface area contributed by atoms with Crippen LogP contribution in [0.3, 0.4) is 0 Å². The number of carbonyl (C=O) groups is 2. The molecule has 0 amide bonds. The number of aryl methyl sites for hydroxylation is 1. The molecule has 0 saturated carbocycles. The Bertz CT molecular complexity index is 713. The molecule has 0 radical (unpaired) electrons. The van der Waals surface area contributed by atoms with Crippen molar-refractivity contribution in [3.8, 4) is 0 Å². The molecule has 0 atom stereocenters. The molecule has 25 heavy (non-hydrogen) atoms. The van der Waals surface area contributed by atoms with E-state index >= 15 is 0 Å². The lowest BCUT2D eigenvalue weighted by molar-refractivity contribution is -0.159. The molecule has 2 N–H and O–H groups in total. The van der Waals surface area contributed by atoms with Crippen LogP contribution in [-0.4, -0.2) is 33.6 Å². The molecule has 0 fully saturated rings. The number of aliphatic carboxylic acids is 2. The lowest BCUT2D eigenvalue weighted by Gasteiger charge is -2.28. The molecule has 0 aromatic heterocycles. The van der Waals surface area contributed by atoms with Crippen LogP contribution in [0.15, 0.2) is 48.5 Å². The standard InChI is InChI=1S/C18H21N.C2H2O4/c1-2-15-7-9-16(10-8-15)13-19-12-11-17-5-3-4-6-18(17)14-19;3-1(4)2(5)6/h3-10H,2,11-14H2,1H3;(H,3,4)(H,5,6). The summed E-state index contributed by atoms with van der Waals surface area (Å²) in [6, 6.07) is 17.9. The van der Waals surface area contributed by atoms with Crippen molar-refractivity contribution in [3.05, 3.63) is 70.8 Å². The molecule has 2 aromatic carbocycles. The van der Waals surface area contributed by atoms with Gasteiger partial charge in [-0.05, 0) is 35.1 Å². The van der Waals surface area contributed by atoms with Crippen molar-refractivity contribution in [2.75, 3.05) is 6.54 Å². The number of carboxylic acids is 2. The summed E-state index contributed by atoms with van der Waals surface area (Å²) in [7, 11) is 0. The maximum Gasteiger partial charge on any atom is 0.414 e. The molecule has 0 spiro atoms. The van der Waals surface area contributed by atoms with E-state index in [2.05, 4.69) is 60.4 Å². The summed E-state index contributed by atoms with van der Waals surface area (Å²) in [4.78, 5) is 20.7. The predicted molar refractivity (Wildman–Crippen MR) is 95.4 cm³/mol. The molecule has 0 unspecified atom stereocenters. The first-order chi connectivity index (χ1) is 12.0. The zero-order valence-corrected chi connectivity index (χ0v) is 14.3. The number of carboxylic acid groups (broad SMARTS) is 2. The van der Waals surface area contributed by atoms with E-state index in [0.29, 0.717) is 0 Å². The van der Waals surface area contributed by atoms with E-state index in [9.17, 15) is 0 Å². The molecule has 5 heteroatoms. The van der Waals surface area contributed by atoms with Crippen LogP contribution in [0.1, 0.15) is 29.2 Å². The highest BCUT2D eigenvalue weighted by Gasteiger charge is 2.15. The van der Waals surface area contributed by atoms with Gasteiger partial charge in [-0.2, -0.15) is 0 Å². The summed E-state index contributed by atoms with van der Waals surface area (Å²) in [5, 5.41) is 14.8. The summed E-state index contributed by atoms with van der Waals surface area (Å²) in [5.41, 5.74) is 5.88. The first-order valence-corrected chi connectivity index (χ1v) is 8.32. The number of rotatable bonds is 3. The fourth-order valence-electron chi connectivity index (χ4n) is 2.83. The number of hydrogen-bond donors (Lipinski definition) is 2. The van der Waals surface area contributed by atoms with Gasteiger partial charge in [-0.15, -0.1) is 0 Å². The Morgan fingerprint density at radius 1 is 0.920 bits per heavy atom. The summed E-state index contributed by atoms with van der Waals surface area (Å²) in [5.74, 6) is -3.65. The zero-order chi connectivity index (χ0) is 18.2. The lowest BCUT2D eigenvalue weighted by Crippen LogP contribution is -2.29. The summed E-state index contributed by atoms with van der Waals surface area (Å²) >= 11 is 0. The molecule has 1 aliphatic heterocycles. The van der Waals surface area contributed by atoms with Gasteiger partial charge >= 0.3 is 11.9 Å².